The second kappa shape index (κ2) is 12.9. The first-order valence-corrected chi connectivity index (χ1v) is 15.1. The molecule has 0 saturated carbocycles. The van der Waals surface area contributed by atoms with Crippen LogP contribution >= 0.6 is 0 Å². The zero-order chi connectivity index (χ0) is 26.3. The van der Waals surface area contributed by atoms with Crippen molar-refractivity contribution in [1.82, 2.24) is 4.90 Å². The van der Waals surface area contributed by atoms with E-state index < -0.39 is 15.2 Å². The molecule has 0 aromatic heterocycles. The van der Waals surface area contributed by atoms with Gasteiger partial charge in [0.25, 0.3) is 0 Å². The van der Waals surface area contributed by atoms with E-state index in [0.717, 1.165) is 36.9 Å². The fourth-order valence-corrected chi connectivity index (χ4v) is 7.49. The fourth-order valence-electron chi connectivity index (χ4n) is 5.58. The Kier molecular flexibility index (Phi) is 9.62. The van der Waals surface area contributed by atoms with E-state index in [1.165, 1.54) is 0 Å². The molecule has 2 heterocycles. The summed E-state index contributed by atoms with van der Waals surface area (Å²) < 4.78 is 38.8. The highest BCUT2D eigenvalue weighted by atomic mass is 32.2. The first-order chi connectivity index (χ1) is 18.0. The quantitative estimate of drug-likeness (QED) is 0.325. The van der Waals surface area contributed by atoms with Gasteiger partial charge in [0.1, 0.15) is 12.0 Å². The number of para-hydroxylation sites is 1. The van der Waals surface area contributed by atoms with Gasteiger partial charge in [0, 0.05) is 31.8 Å². The molecule has 37 heavy (non-hydrogen) atoms. The van der Waals surface area contributed by atoms with E-state index in [2.05, 4.69) is 11.8 Å². The number of amides is 1. The molecule has 7 nitrogen and oxygen atoms in total. The summed E-state index contributed by atoms with van der Waals surface area (Å²) in [4.78, 5) is 16.9. The summed E-state index contributed by atoms with van der Waals surface area (Å²) in [5.74, 6) is 0. The molecule has 2 aromatic carbocycles. The Balaban J connectivity index is 1.49. The van der Waals surface area contributed by atoms with Gasteiger partial charge in [0.05, 0.1) is 16.7 Å². The lowest BCUT2D eigenvalue weighted by Crippen LogP contribution is -2.52. The number of sulfone groups is 1. The maximum absolute atomic E-state index is 13.8. The highest BCUT2D eigenvalue weighted by Crippen LogP contribution is 2.33. The van der Waals surface area contributed by atoms with Crippen molar-refractivity contribution >= 4 is 21.6 Å². The molecular weight excluding hydrogens is 488 g/mol. The summed E-state index contributed by atoms with van der Waals surface area (Å²) in [6, 6.07) is 16.6. The number of rotatable bonds is 12. The first kappa shape index (κ1) is 27.6. The summed E-state index contributed by atoms with van der Waals surface area (Å²) in [5.41, 5.74) is 1.91. The van der Waals surface area contributed by atoms with Crippen molar-refractivity contribution in [2.75, 3.05) is 25.1 Å². The SMILES string of the molecule is CCCCCC(CCC(N1CCC(N2C(=O)OCc3ccccc32)CC1)S(=O)(=O)c1ccccc1)OC. The van der Waals surface area contributed by atoms with Crippen molar-refractivity contribution in [3.8, 4) is 0 Å². The number of nitrogens with zero attached hydrogens (tertiary/aromatic N) is 2. The van der Waals surface area contributed by atoms with Gasteiger partial charge in [0.2, 0.25) is 0 Å². The highest BCUT2D eigenvalue weighted by Gasteiger charge is 2.39. The number of hydrogen-bond donors (Lipinski definition) is 0. The van der Waals surface area contributed by atoms with Crippen molar-refractivity contribution < 1.29 is 22.7 Å². The average Bonchev–Trinajstić information content (AvgIpc) is 2.93. The minimum atomic E-state index is -3.57. The molecule has 1 fully saturated rings. The maximum atomic E-state index is 13.8. The van der Waals surface area contributed by atoms with Crippen LogP contribution in [0.5, 0.6) is 0 Å². The Bertz CT molecular complexity index is 1120. The molecule has 0 N–H and O–H groups in total. The van der Waals surface area contributed by atoms with Crippen LogP contribution in [-0.4, -0.2) is 57.1 Å². The average molecular weight is 529 g/mol. The van der Waals surface area contributed by atoms with Crippen LogP contribution in [0.1, 0.15) is 63.9 Å². The summed E-state index contributed by atoms with van der Waals surface area (Å²) in [6.45, 7) is 3.67. The number of hydrogen-bond acceptors (Lipinski definition) is 6. The predicted octanol–water partition coefficient (Wildman–Crippen LogP) is 5.78. The van der Waals surface area contributed by atoms with Gasteiger partial charge in [0.15, 0.2) is 9.84 Å². The Morgan fingerprint density at radius 2 is 1.68 bits per heavy atom. The molecule has 2 aliphatic rings. The predicted molar refractivity (Wildman–Crippen MR) is 145 cm³/mol. The second-order valence-corrected chi connectivity index (χ2v) is 12.2. The normalized spacial score (nSPS) is 18.8. The van der Waals surface area contributed by atoms with Crippen LogP contribution < -0.4 is 4.90 Å². The topological polar surface area (TPSA) is 76.2 Å². The second-order valence-electron chi connectivity index (χ2n) is 10.1. The van der Waals surface area contributed by atoms with Crippen molar-refractivity contribution in [1.29, 1.82) is 0 Å². The van der Waals surface area contributed by atoms with E-state index in [1.54, 1.807) is 36.3 Å². The highest BCUT2D eigenvalue weighted by molar-refractivity contribution is 7.92. The lowest BCUT2D eigenvalue weighted by atomic mass is 10.00. The number of carbonyl (C=O) groups excluding carboxylic acids is 1. The van der Waals surface area contributed by atoms with Gasteiger partial charge >= 0.3 is 6.09 Å². The molecule has 0 bridgehead atoms. The summed E-state index contributed by atoms with van der Waals surface area (Å²) in [5, 5.41) is -0.625. The van der Waals surface area contributed by atoms with E-state index in [0.29, 0.717) is 50.3 Å². The van der Waals surface area contributed by atoms with Gasteiger partial charge in [-0.15, -0.1) is 0 Å². The molecule has 2 atom stereocenters. The number of likely N-dealkylation sites (tertiary alicyclic amines) is 1. The number of carbonyl (C=O) groups is 1. The van der Waals surface area contributed by atoms with E-state index in [9.17, 15) is 13.2 Å². The van der Waals surface area contributed by atoms with Gasteiger partial charge in [-0.05, 0) is 50.3 Å². The van der Waals surface area contributed by atoms with Crippen LogP contribution in [0.3, 0.4) is 0 Å². The van der Waals surface area contributed by atoms with Crippen molar-refractivity contribution in [3.63, 3.8) is 0 Å². The van der Waals surface area contributed by atoms with Crippen molar-refractivity contribution in [2.24, 2.45) is 0 Å². The first-order valence-electron chi connectivity index (χ1n) is 13.6. The lowest BCUT2D eigenvalue weighted by molar-refractivity contribution is 0.0760. The van der Waals surface area contributed by atoms with Crippen molar-refractivity contribution in [3.05, 3.63) is 60.2 Å². The smallest absolute Gasteiger partial charge is 0.414 e. The number of unbranched alkanes of at least 4 members (excludes halogenated alkanes) is 2. The molecule has 2 unspecified atom stereocenters. The monoisotopic (exact) mass is 528 g/mol. The number of benzene rings is 2. The van der Waals surface area contributed by atoms with Gasteiger partial charge in [-0.2, -0.15) is 0 Å². The van der Waals surface area contributed by atoms with Crippen LogP contribution in [-0.2, 0) is 25.9 Å². The van der Waals surface area contributed by atoms with Crippen LogP contribution in [0.15, 0.2) is 59.5 Å². The number of cyclic esters (lactones) is 1. The third kappa shape index (κ3) is 6.54. The van der Waals surface area contributed by atoms with Gasteiger partial charge in [-0.25, -0.2) is 13.2 Å². The largest absolute Gasteiger partial charge is 0.444 e. The van der Waals surface area contributed by atoms with Gasteiger partial charge in [-0.1, -0.05) is 62.6 Å². The number of piperidine rings is 1. The van der Waals surface area contributed by atoms with Crippen molar-refractivity contribution in [2.45, 2.75) is 87.3 Å². The van der Waals surface area contributed by atoms with E-state index in [4.69, 9.17) is 9.47 Å². The van der Waals surface area contributed by atoms with Crippen LogP contribution in [0, 0.1) is 0 Å². The molecule has 202 valence electrons. The van der Waals surface area contributed by atoms with E-state index >= 15 is 0 Å². The molecule has 2 aromatic rings. The molecule has 1 saturated heterocycles. The fraction of sp³-hybridized carbons (Fsp3) is 0.552. The zero-order valence-electron chi connectivity index (χ0n) is 22.1. The number of methoxy groups -OCH3 is 1. The minimum absolute atomic E-state index is 0.0222. The minimum Gasteiger partial charge on any atom is -0.444 e. The molecule has 8 heteroatoms. The van der Waals surface area contributed by atoms with E-state index in [1.807, 2.05) is 30.3 Å². The molecule has 0 spiro atoms. The van der Waals surface area contributed by atoms with E-state index in [-0.39, 0.29) is 18.2 Å². The molecule has 4 rings (SSSR count). The number of ether oxygens (including phenoxy) is 2. The lowest BCUT2D eigenvalue weighted by Gasteiger charge is -2.42. The van der Waals surface area contributed by atoms with Crippen LogP contribution in [0.25, 0.3) is 0 Å². The molecule has 0 radical (unpaired) electrons. The molecule has 2 aliphatic heterocycles. The standard InChI is InChI=1S/C29H40N2O5S/c1-3-4-6-12-25(35-2)16-17-28(37(33,34)26-13-7-5-8-14-26)30-20-18-24(19-21-30)31-27-15-10-9-11-23(27)22-36-29(31)32/h5,7-11,13-15,24-25,28H,3-4,6,12,16-22H2,1-2H3. The maximum Gasteiger partial charge on any atom is 0.414 e. The van der Waals surface area contributed by atoms with Crippen LogP contribution in [0.4, 0.5) is 10.5 Å². The molecule has 0 aliphatic carbocycles. The third-order valence-corrected chi connectivity index (χ3v) is 9.88. The number of anilines is 1. The Morgan fingerprint density at radius 1 is 0.973 bits per heavy atom. The van der Waals surface area contributed by atoms with Crippen LogP contribution in [0.2, 0.25) is 0 Å². The Labute approximate surface area is 221 Å². The molecule has 1 amide bonds. The number of fused-ring (bicyclic) bond motifs is 1. The van der Waals surface area contributed by atoms with Gasteiger partial charge < -0.3 is 9.47 Å². The Hall–Kier alpha value is -2.42. The zero-order valence-corrected chi connectivity index (χ0v) is 22.9. The van der Waals surface area contributed by atoms with Gasteiger partial charge in [-0.3, -0.25) is 9.80 Å². The summed E-state index contributed by atoms with van der Waals surface area (Å²) in [7, 11) is -1.85. The summed E-state index contributed by atoms with van der Waals surface area (Å²) in [6.07, 6.45) is 6.65. The Morgan fingerprint density at radius 3 is 2.38 bits per heavy atom. The molecular formula is C29H40N2O5S. The third-order valence-electron chi connectivity index (χ3n) is 7.70. The summed E-state index contributed by atoms with van der Waals surface area (Å²) >= 11 is 0.